The number of aryl methyl sites for hydroxylation is 1. The molecule has 1 aromatic rings. The van der Waals surface area contributed by atoms with Gasteiger partial charge in [-0.3, -0.25) is 4.79 Å². The van der Waals surface area contributed by atoms with Gasteiger partial charge in [0.15, 0.2) is 0 Å². The standard InChI is InChI=1S/C17H24O4/c1-3-20-16(18)14-7-9-17(19,10-8-14)12-21-15-6-4-5-13(2)11-15/h4-6,11,14,19H,3,7-10,12H2,1-2H3. The van der Waals surface area contributed by atoms with Gasteiger partial charge in [-0.05, 0) is 57.2 Å². The summed E-state index contributed by atoms with van der Waals surface area (Å²) in [6.07, 6.45) is 2.46. The summed E-state index contributed by atoms with van der Waals surface area (Å²) in [5.41, 5.74) is 0.290. The number of carbonyl (C=O) groups is 1. The van der Waals surface area contributed by atoms with Gasteiger partial charge in [-0.1, -0.05) is 12.1 Å². The van der Waals surface area contributed by atoms with Crippen LogP contribution < -0.4 is 4.74 Å². The van der Waals surface area contributed by atoms with E-state index in [1.807, 2.05) is 38.1 Å². The Bertz CT molecular complexity index is 475. The number of benzene rings is 1. The van der Waals surface area contributed by atoms with Crippen molar-refractivity contribution in [2.45, 2.75) is 45.1 Å². The SMILES string of the molecule is CCOC(=O)C1CCC(O)(COc2cccc(C)c2)CC1. The van der Waals surface area contributed by atoms with E-state index < -0.39 is 5.60 Å². The molecular formula is C17H24O4. The van der Waals surface area contributed by atoms with Crippen LogP contribution in [0.3, 0.4) is 0 Å². The highest BCUT2D eigenvalue weighted by Gasteiger charge is 2.37. The zero-order valence-corrected chi connectivity index (χ0v) is 12.8. The second-order valence-corrected chi connectivity index (χ2v) is 5.86. The van der Waals surface area contributed by atoms with Crippen LogP contribution in [0.25, 0.3) is 0 Å². The van der Waals surface area contributed by atoms with Gasteiger partial charge in [0, 0.05) is 0 Å². The normalized spacial score (nSPS) is 25.4. The van der Waals surface area contributed by atoms with Crippen LogP contribution in [0, 0.1) is 12.8 Å². The van der Waals surface area contributed by atoms with Crippen LogP contribution in [-0.4, -0.2) is 29.9 Å². The first-order valence-electron chi connectivity index (χ1n) is 7.61. The Hall–Kier alpha value is -1.55. The second-order valence-electron chi connectivity index (χ2n) is 5.86. The first-order chi connectivity index (χ1) is 10.0. The fourth-order valence-corrected chi connectivity index (χ4v) is 2.72. The molecule has 21 heavy (non-hydrogen) atoms. The first-order valence-corrected chi connectivity index (χ1v) is 7.61. The molecule has 1 fully saturated rings. The summed E-state index contributed by atoms with van der Waals surface area (Å²) in [6, 6.07) is 7.78. The topological polar surface area (TPSA) is 55.8 Å². The molecule has 1 N–H and O–H groups in total. The van der Waals surface area contributed by atoms with E-state index in [0.29, 0.717) is 32.3 Å². The van der Waals surface area contributed by atoms with Crippen molar-refractivity contribution in [1.29, 1.82) is 0 Å². The molecule has 0 atom stereocenters. The third kappa shape index (κ3) is 4.46. The zero-order valence-electron chi connectivity index (χ0n) is 12.8. The molecule has 0 bridgehead atoms. The van der Waals surface area contributed by atoms with Crippen LogP contribution in [0.4, 0.5) is 0 Å². The van der Waals surface area contributed by atoms with Crippen molar-refractivity contribution < 1.29 is 19.4 Å². The van der Waals surface area contributed by atoms with E-state index in [1.54, 1.807) is 0 Å². The minimum absolute atomic E-state index is 0.0794. The Balaban J connectivity index is 1.83. The number of carbonyl (C=O) groups excluding carboxylic acids is 1. The van der Waals surface area contributed by atoms with Crippen LogP contribution >= 0.6 is 0 Å². The van der Waals surface area contributed by atoms with Crippen molar-refractivity contribution in [3.63, 3.8) is 0 Å². The smallest absolute Gasteiger partial charge is 0.308 e. The van der Waals surface area contributed by atoms with Gasteiger partial charge in [0.05, 0.1) is 18.1 Å². The molecule has 116 valence electrons. The molecule has 0 amide bonds. The number of hydrogen-bond acceptors (Lipinski definition) is 4. The Labute approximate surface area is 126 Å². The lowest BCUT2D eigenvalue weighted by Crippen LogP contribution is -2.41. The molecule has 1 saturated carbocycles. The van der Waals surface area contributed by atoms with Crippen molar-refractivity contribution in [3.05, 3.63) is 29.8 Å². The van der Waals surface area contributed by atoms with E-state index in [9.17, 15) is 9.90 Å². The van der Waals surface area contributed by atoms with Crippen molar-refractivity contribution >= 4 is 5.97 Å². The average Bonchev–Trinajstić information content (AvgIpc) is 2.46. The maximum Gasteiger partial charge on any atom is 0.308 e. The zero-order chi connectivity index (χ0) is 15.3. The second kappa shape index (κ2) is 6.94. The highest BCUT2D eigenvalue weighted by molar-refractivity contribution is 5.72. The van der Waals surface area contributed by atoms with Crippen molar-refractivity contribution in [2.24, 2.45) is 5.92 Å². The highest BCUT2D eigenvalue weighted by Crippen LogP contribution is 2.33. The van der Waals surface area contributed by atoms with Gasteiger partial charge in [0.2, 0.25) is 0 Å². The van der Waals surface area contributed by atoms with E-state index in [-0.39, 0.29) is 18.5 Å². The molecule has 0 heterocycles. The summed E-state index contributed by atoms with van der Waals surface area (Å²) >= 11 is 0. The minimum Gasteiger partial charge on any atom is -0.491 e. The Morgan fingerprint density at radius 1 is 1.38 bits per heavy atom. The van der Waals surface area contributed by atoms with E-state index in [0.717, 1.165) is 11.3 Å². The number of esters is 1. The predicted octanol–water partition coefficient (Wildman–Crippen LogP) is 2.86. The van der Waals surface area contributed by atoms with Crippen LogP contribution in [0.1, 0.15) is 38.2 Å². The van der Waals surface area contributed by atoms with Gasteiger partial charge in [0.1, 0.15) is 12.4 Å². The number of aliphatic hydroxyl groups is 1. The Kier molecular flexibility index (Phi) is 5.23. The molecular weight excluding hydrogens is 268 g/mol. The molecule has 0 spiro atoms. The van der Waals surface area contributed by atoms with Gasteiger partial charge in [-0.2, -0.15) is 0 Å². The third-order valence-corrected chi connectivity index (χ3v) is 4.03. The van der Waals surface area contributed by atoms with Crippen LogP contribution in [-0.2, 0) is 9.53 Å². The minimum atomic E-state index is -0.841. The van der Waals surface area contributed by atoms with Gasteiger partial charge < -0.3 is 14.6 Å². The molecule has 4 heteroatoms. The Morgan fingerprint density at radius 2 is 2.10 bits per heavy atom. The average molecular weight is 292 g/mol. The Morgan fingerprint density at radius 3 is 2.71 bits per heavy atom. The number of hydrogen-bond donors (Lipinski definition) is 1. The van der Waals surface area contributed by atoms with Crippen LogP contribution in [0.5, 0.6) is 5.75 Å². The molecule has 0 unspecified atom stereocenters. The van der Waals surface area contributed by atoms with Crippen LogP contribution in [0.15, 0.2) is 24.3 Å². The summed E-state index contributed by atoms with van der Waals surface area (Å²) in [4.78, 5) is 11.7. The number of ether oxygens (including phenoxy) is 2. The maximum atomic E-state index is 11.7. The predicted molar refractivity (Wildman–Crippen MR) is 80.2 cm³/mol. The quantitative estimate of drug-likeness (QED) is 0.848. The monoisotopic (exact) mass is 292 g/mol. The first kappa shape index (κ1) is 15.8. The molecule has 0 aromatic heterocycles. The molecule has 1 aromatic carbocycles. The van der Waals surface area contributed by atoms with Gasteiger partial charge >= 0.3 is 5.97 Å². The molecule has 4 nitrogen and oxygen atoms in total. The van der Waals surface area contributed by atoms with Gasteiger partial charge in [-0.15, -0.1) is 0 Å². The highest BCUT2D eigenvalue weighted by atomic mass is 16.5. The van der Waals surface area contributed by atoms with E-state index >= 15 is 0 Å². The molecule has 0 aliphatic heterocycles. The lowest BCUT2D eigenvalue weighted by molar-refractivity contribution is -0.151. The molecule has 0 radical (unpaired) electrons. The molecule has 0 saturated heterocycles. The molecule has 1 aliphatic carbocycles. The van der Waals surface area contributed by atoms with E-state index in [1.165, 1.54) is 0 Å². The van der Waals surface area contributed by atoms with Crippen molar-refractivity contribution in [2.75, 3.05) is 13.2 Å². The van der Waals surface area contributed by atoms with E-state index in [4.69, 9.17) is 9.47 Å². The summed E-state index contributed by atoms with van der Waals surface area (Å²) in [7, 11) is 0. The summed E-state index contributed by atoms with van der Waals surface area (Å²) in [5, 5.41) is 10.6. The number of rotatable bonds is 5. The lowest BCUT2D eigenvalue weighted by atomic mass is 9.79. The van der Waals surface area contributed by atoms with Crippen molar-refractivity contribution in [3.8, 4) is 5.75 Å². The van der Waals surface area contributed by atoms with Gasteiger partial charge in [-0.25, -0.2) is 0 Å². The largest absolute Gasteiger partial charge is 0.491 e. The van der Waals surface area contributed by atoms with Crippen molar-refractivity contribution in [1.82, 2.24) is 0 Å². The third-order valence-electron chi connectivity index (χ3n) is 4.03. The fraction of sp³-hybridized carbons (Fsp3) is 0.588. The molecule has 1 aliphatic rings. The molecule has 2 rings (SSSR count). The van der Waals surface area contributed by atoms with Crippen LogP contribution in [0.2, 0.25) is 0 Å². The summed E-state index contributed by atoms with van der Waals surface area (Å²) in [6.45, 7) is 4.50. The fourth-order valence-electron chi connectivity index (χ4n) is 2.72. The summed E-state index contributed by atoms with van der Waals surface area (Å²) in [5.74, 6) is 0.555. The lowest BCUT2D eigenvalue weighted by Gasteiger charge is -2.34. The van der Waals surface area contributed by atoms with Gasteiger partial charge in [0.25, 0.3) is 0 Å². The maximum absolute atomic E-state index is 11.7. The summed E-state index contributed by atoms with van der Waals surface area (Å²) < 4.78 is 10.7. The van der Waals surface area contributed by atoms with E-state index in [2.05, 4.69) is 0 Å².